The molecule has 0 radical (unpaired) electrons. The topological polar surface area (TPSA) is 57.7 Å². The van der Waals surface area contributed by atoms with Gasteiger partial charge in [0, 0.05) is 24.2 Å². The van der Waals surface area contributed by atoms with Crippen LogP contribution < -0.4 is 4.31 Å². The fourth-order valence-electron chi connectivity index (χ4n) is 4.04. The summed E-state index contributed by atoms with van der Waals surface area (Å²) >= 11 is 0. The van der Waals surface area contributed by atoms with Gasteiger partial charge in [-0.25, -0.2) is 8.42 Å². The number of anilines is 1. The summed E-state index contributed by atoms with van der Waals surface area (Å²) in [6.45, 7) is 0.509. The molecular formula is C18H24N2O3S. The molecule has 5 nitrogen and oxygen atoms in total. The lowest BCUT2D eigenvalue weighted by molar-refractivity contribution is 0.0664. The van der Waals surface area contributed by atoms with E-state index < -0.39 is 10.0 Å². The maximum absolute atomic E-state index is 13.1. The molecule has 2 aliphatic carbocycles. The van der Waals surface area contributed by atoms with Gasteiger partial charge in [0.1, 0.15) is 0 Å². The van der Waals surface area contributed by atoms with E-state index in [2.05, 4.69) is 4.90 Å². The van der Waals surface area contributed by atoms with E-state index in [1.807, 2.05) is 6.07 Å². The van der Waals surface area contributed by atoms with Gasteiger partial charge in [-0.05, 0) is 50.3 Å². The molecule has 0 N–H and O–H groups in total. The van der Waals surface area contributed by atoms with Crippen molar-refractivity contribution in [2.75, 3.05) is 16.6 Å². The standard InChI is InChI=1S/C18H24N2O3S/c21-18(20(16-9-10-16)15-6-1-2-7-15)14-5-3-8-17(13-14)19-11-4-12-24(19,22)23/h3,5,8,13,15-16H,1-2,4,6-7,9-12H2. The largest absolute Gasteiger partial charge is 0.333 e. The molecule has 130 valence electrons. The second kappa shape index (κ2) is 6.06. The number of hydrogen-bond acceptors (Lipinski definition) is 3. The fraction of sp³-hybridized carbons (Fsp3) is 0.611. The Bertz CT molecular complexity index is 736. The number of sulfonamides is 1. The zero-order chi connectivity index (χ0) is 16.7. The first kappa shape index (κ1) is 15.9. The summed E-state index contributed by atoms with van der Waals surface area (Å²) in [5.41, 5.74) is 1.24. The number of carbonyl (C=O) groups excluding carboxylic acids is 1. The van der Waals surface area contributed by atoms with Crippen LogP contribution in [0.5, 0.6) is 0 Å². The van der Waals surface area contributed by atoms with Gasteiger partial charge in [0.25, 0.3) is 5.91 Å². The molecule has 24 heavy (non-hydrogen) atoms. The van der Waals surface area contributed by atoms with Gasteiger partial charge < -0.3 is 4.90 Å². The van der Waals surface area contributed by atoms with Gasteiger partial charge in [0.05, 0.1) is 11.4 Å². The molecule has 1 amide bonds. The minimum atomic E-state index is -3.21. The van der Waals surface area contributed by atoms with Crippen molar-refractivity contribution in [3.63, 3.8) is 0 Å². The van der Waals surface area contributed by atoms with Crippen LogP contribution >= 0.6 is 0 Å². The molecule has 0 unspecified atom stereocenters. The normalized spacial score (nSPS) is 23.6. The Balaban J connectivity index is 1.61. The molecule has 0 atom stereocenters. The lowest BCUT2D eigenvalue weighted by atomic mass is 10.1. The number of rotatable bonds is 4. The van der Waals surface area contributed by atoms with Crippen molar-refractivity contribution in [3.8, 4) is 0 Å². The maximum Gasteiger partial charge on any atom is 0.254 e. The third kappa shape index (κ3) is 2.92. The van der Waals surface area contributed by atoms with Gasteiger partial charge in [-0.2, -0.15) is 0 Å². The van der Waals surface area contributed by atoms with Crippen LogP contribution in [0.15, 0.2) is 24.3 Å². The molecule has 1 aromatic rings. The Morgan fingerprint density at radius 2 is 1.75 bits per heavy atom. The molecule has 1 heterocycles. The molecule has 0 aromatic heterocycles. The summed E-state index contributed by atoms with van der Waals surface area (Å²) in [7, 11) is -3.21. The van der Waals surface area contributed by atoms with Gasteiger partial charge in [0.15, 0.2) is 0 Å². The first-order valence-corrected chi connectivity index (χ1v) is 10.6. The molecule has 3 fully saturated rings. The van der Waals surface area contributed by atoms with Crippen LogP contribution in [0.1, 0.15) is 55.3 Å². The van der Waals surface area contributed by atoms with Crippen molar-refractivity contribution in [3.05, 3.63) is 29.8 Å². The van der Waals surface area contributed by atoms with Crippen LogP contribution in [0, 0.1) is 0 Å². The quantitative estimate of drug-likeness (QED) is 0.841. The minimum absolute atomic E-state index is 0.0721. The SMILES string of the molecule is O=C(c1cccc(N2CCCS2(=O)=O)c1)N(C1CCCC1)C1CC1. The van der Waals surface area contributed by atoms with E-state index in [1.165, 1.54) is 17.1 Å². The molecule has 1 aromatic carbocycles. The summed E-state index contributed by atoms with van der Waals surface area (Å²) < 4.78 is 25.7. The molecule has 4 rings (SSSR count). The molecule has 0 spiro atoms. The van der Waals surface area contributed by atoms with Gasteiger partial charge in [-0.3, -0.25) is 9.10 Å². The highest BCUT2D eigenvalue weighted by Gasteiger charge is 2.39. The zero-order valence-corrected chi connectivity index (χ0v) is 14.7. The van der Waals surface area contributed by atoms with E-state index in [4.69, 9.17) is 0 Å². The van der Waals surface area contributed by atoms with E-state index in [1.54, 1.807) is 18.2 Å². The number of amides is 1. The highest BCUT2D eigenvalue weighted by Crippen LogP contribution is 2.36. The van der Waals surface area contributed by atoms with Crippen LogP contribution in [0.2, 0.25) is 0 Å². The van der Waals surface area contributed by atoms with Crippen LogP contribution in [0.4, 0.5) is 5.69 Å². The molecule has 6 heteroatoms. The van der Waals surface area contributed by atoms with Crippen LogP contribution in [0.3, 0.4) is 0 Å². The van der Waals surface area contributed by atoms with Crippen molar-refractivity contribution < 1.29 is 13.2 Å². The van der Waals surface area contributed by atoms with E-state index in [0.717, 1.165) is 25.7 Å². The zero-order valence-electron chi connectivity index (χ0n) is 13.9. The van der Waals surface area contributed by atoms with Crippen molar-refractivity contribution in [2.24, 2.45) is 0 Å². The van der Waals surface area contributed by atoms with E-state index in [9.17, 15) is 13.2 Å². The first-order chi connectivity index (χ1) is 11.6. The highest BCUT2D eigenvalue weighted by molar-refractivity contribution is 7.93. The molecular weight excluding hydrogens is 324 g/mol. The Labute approximate surface area is 143 Å². The van der Waals surface area contributed by atoms with E-state index >= 15 is 0 Å². The van der Waals surface area contributed by atoms with Gasteiger partial charge >= 0.3 is 0 Å². The van der Waals surface area contributed by atoms with Crippen LogP contribution in [-0.2, 0) is 10.0 Å². The highest BCUT2D eigenvalue weighted by atomic mass is 32.2. The number of hydrogen-bond donors (Lipinski definition) is 0. The summed E-state index contributed by atoms with van der Waals surface area (Å²) in [5.74, 6) is 0.268. The lowest BCUT2D eigenvalue weighted by Gasteiger charge is -2.29. The summed E-state index contributed by atoms with van der Waals surface area (Å²) in [6, 6.07) is 7.92. The Kier molecular flexibility index (Phi) is 4.03. The van der Waals surface area contributed by atoms with Crippen molar-refractivity contribution in [2.45, 2.75) is 57.0 Å². The predicted octanol–water partition coefficient (Wildman–Crippen LogP) is 2.77. The molecule has 1 saturated heterocycles. The van der Waals surface area contributed by atoms with Gasteiger partial charge in [-0.1, -0.05) is 18.9 Å². The number of nitrogens with zero attached hydrogens (tertiary/aromatic N) is 2. The second-order valence-electron chi connectivity index (χ2n) is 7.17. The number of benzene rings is 1. The van der Waals surface area contributed by atoms with Gasteiger partial charge in [0.2, 0.25) is 10.0 Å². The van der Waals surface area contributed by atoms with Crippen LogP contribution in [-0.4, -0.2) is 43.6 Å². The molecule has 1 aliphatic heterocycles. The average Bonchev–Trinajstić information content (AvgIpc) is 3.11. The van der Waals surface area contributed by atoms with Gasteiger partial charge in [-0.15, -0.1) is 0 Å². The second-order valence-corrected chi connectivity index (χ2v) is 9.19. The summed E-state index contributed by atoms with van der Waals surface area (Å²) in [4.78, 5) is 15.2. The third-order valence-electron chi connectivity index (χ3n) is 5.37. The fourth-order valence-corrected chi connectivity index (χ4v) is 5.59. The summed E-state index contributed by atoms with van der Waals surface area (Å²) in [5, 5.41) is 0. The molecule has 3 aliphatic rings. The maximum atomic E-state index is 13.1. The van der Waals surface area contributed by atoms with Crippen molar-refractivity contribution in [1.29, 1.82) is 0 Å². The van der Waals surface area contributed by atoms with Crippen molar-refractivity contribution in [1.82, 2.24) is 4.90 Å². The first-order valence-electron chi connectivity index (χ1n) is 8.99. The van der Waals surface area contributed by atoms with Crippen molar-refractivity contribution >= 4 is 21.6 Å². The smallest absolute Gasteiger partial charge is 0.254 e. The Hall–Kier alpha value is -1.56. The molecule has 0 bridgehead atoms. The minimum Gasteiger partial charge on any atom is -0.333 e. The predicted molar refractivity (Wildman–Crippen MR) is 93.6 cm³/mol. The third-order valence-corrected chi connectivity index (χ3v) is 7.24. The Morgan fingerprint density at radius 1 is 1.04 bits per heavy atom. The van der Waals surface area contributed by atoms with E-state index in [0.29, 0.717) is 36.3 Å². The lowest BCUT2D eigenvalue weighted by Crippen LogP contribution is -2.40. The van der Waals surface area contributed by atoms with Crippen LogP contribution in [0.25, 0.3) is 0 Å². The summed E-state index contributed by atoms with van der Waals surface area (Å²) in [6.07, 6.45) is 7.45. The number of carbonyl (C=O) groups is 1. The average molecular weight is 348 g/mol. The Morgan fingerprint density at radius 3 is 2.38 bits per heavy atom. The monoisotopic (exact) mass is 348 g/mol. The molecule has 2 saturated carbocycles. The van der Waals surface area contributed by atoms with E-state index in [-0.39, 0.29) is 11.7 Å².